The molecule has 2 heterocycles. The highest BCUT2D eigenvalue weighted by Crippen LogP contribution is 2.35. The van der Waals surface area contributed by atoms with Crippen molar-refractivity contribution in [1.29, 1.82) is 0 Å². The molecule has 0 N–H and O–H groups in total. The largest absolute Gasteiger partial charge is 0.313 e. The molecule has 0 aliphatic carbocycles. The van der Waals surface area contributed by atoms with Crippen LogP contribution in [-0.2, 0) is 0 Å². The fraction of sp³-hybridized carbons (Fsp3) is 0.0625. The summed E-state index contributed by atoms with van der Waals surface area (Å²) in [6.45, 7) is 2.05. The van der Waals surface area contributed by atoms with Crippen molar-refractivity contribution in [1.82, 2.24) is 4.40 Å². The van der Waals surface area contributed by atoms with Gasteiger partial charge in [0.25, 0.3) is 0 Å². The van der Waals surface area contributed by atoms with E-state index in [-0.39, 0.29) is 0 Å². The summed E-state index contributed by atoms with van der Waals surface area (Å²) < 4.78 is 3.89. The van der Waals surface area contributed by atoms with Crippen molar-refractivity contribution in [3.05, 3.63) is 62.8 Å². The number of aryl methyl sites for hydroxylation is 1. The molecule has 100 valence electrons. The summed E-state index contributed by atoms with van der Waals surface area (Å²) in [5.41, 5.74) is 4.80. The third-order valence-electron chi connectivity index (χ3n) is 3.39. The van der Waals surface area contributed by atoms with Crippen molar-refractivity contribution < 1.29 is 4.79 Å². The number of aromatic nitrogens is 1. The minimum Gasteiger partial charge on any atom is -0.313 e. The van der Waals surface area contributed by atoms with Crippen LogP contribution in [0.25, 0.3) is 16.6 Å². The van der Waals surface area contributed by atoms with Gasteiger partial charge in [0.15, 0.2) is 6.29 Å². The topological polar surface area (TPSA) is 21.5 Å². The van der Waals surface area contributed by atoms with E-state index in [0.29, 0.717) is 5.69 Å². The van der Waals surface area contributed by atoms with E-state index in [1.807, 2.05) is 47.9 Å². The number of carbonyl (C=O) groups excluding carboxylic acids is 1. The van der Waals surface area contributed by atoms with Gasteiger partial charge in [-0.15, -0.1) is 0 Å². The summed E-state index contributed by atoms with van der Waals surface area (Å²) in [5, 5.41) is 0. The van der Waals surface area contributed by atoms with E-state index >= 15 is 0 Å². The molecule has 20 heavy (non-hydrogen) atoms. The average Bonchev–Trinajstić information content (AvgIpc) is 2.81. The Balaban J connectivity index is 2.39. The minimum absolute atomic E-state index is 0.669. The molecular formula is C16H11Br2NO. The molecule has 0 saturated heterocycles. The van der Waals surface area contributed by atoms with Gasteiger partial charge < -0.3 is 4.40 Å². The molecule has 0 spiro atoms. The Bertz CT molecular complexity index is 821. The molecule has 3 aromatic rings. The molecule has 0 amide bonds. The monoisotopic (exact) mass is 391 g/mol. The molecule has 2 nitrogen and oxygen atoms in total. The average molecular weight is 393 g/mol. The highest BCUT2D eigenvalue weighted by molar-refractivity contribution is 9.11. The van der Waals surface area contributed by atoms with E-state index < -0.39 is 0 Å². The Morgan fingerprint density at radius 1 is 1.10 bits per heavy atom. The quantitative estimate of drug-likeness (QED) is 0.545. The van der Waals surface area contributed by atoms with Gasteiger partial charge in [-0.3, -0.25) is 4.79 Å². The van der Waals surface area contributed by atoms with Gasteiger partial charge in [-0.25, -0.2) is 0 Å². The fourth-order valence-corrected chi connectivity index (χ4v) is 3.22. The molecule has 0 bridgehead atoms. The number of rotatable bonds is 2. The highest BCUT2D eigenvalue weighted by atomic mass is 79.9. The lowest BCUT2D eigenvalue weighted by molar-refractivity contribution is 0.111. The van der Waals surface area contributed by atoms with Crippen LogP contribution in [0.5, 0.6) is 0 Å². The molecule has 3 rings (SSSR count). The molecule has 0 fully saturated rings. The van der Waals surface area contributed by atoms with Gasteiger partial charge in [-0.05, 0) is 48.4 Å². The molecule has 0 unspecified atom stereocenters. The van der Waals surface area contributed by atoms with Crippen LogP contribution in [0, 0.1) is 6.92 Å². The van der Waals surface area contributed by atoms with E-state index in [4.69, 9.17) is 0 Å². The second-order valence-electron chi connectivity index (χ2n) is 4.63. The lowest BCUT2D eigenvalue weighted by Crippen LogP contribution is -1.93. The molecule has 4 heteroatoms. The van der Waals surface area contributed by atoms with E-state index in [0.717, 1.165) is 37.4 Å². The lowest BCUT2D eigenvalue weighted by atomic mass is 10.1. The number of hydrogen-bond donors (Lipinski definition) is 0. The molecule has 0 aliphatic rings. The third-order valence-corrected chi connectivity index (χ3v) is 4.58. The van der Waals surface area contributed by atoms with Gasteiger partial charge in [-0.1, -0.05) is 37.9 Å². The summed E-state index contributed by atoms with van der Waals surface area (Å²) in [6, 6.07) is 12.0. The molecule has 2 aromatic heterocycles. The number of fused-ring (bicyclic) bond motifs is 1. The minimum atomic E-state index is 0.669. The Labute approximate surface area is 133 Å². The molecular weight excluding hydrogens is 382 g/mol. The first-order valence-electron chi connectivity index (χ1n) is 6.13. The molecule has 0 aliphatic heterocycles. The summed E-state index contributed by atoms with van der Waals surface area (Å²) in [7, 11) is 0. The van der Waals surface area contributed by atoms with Crippen LogP contribution in [0.15, 0.2) is 51.5 Å². The number of aldehydes is 1. The van der Waals surface area contributed by atoms with Crippen LogP contribution in [0.2, 0.25) is 0 Å². The first-order chi connectivity index (χ1) is 9.61. The zero-order chi connectivity index (χ0) is 14.3. The van der Waals surface area contributed by atoms with Crippen molar-refractivity contribution in [3.63, 3.8) is 0 Å². The second-order valence-corrected chi connectivity index (χ2v) is 6.40. The molecule has 0 saturated carbocycles. The van der Waals surface area contributed by atoms with Crippen LogP contribution in [0.4, 0.5) is 0 Å². The van der Waals surface area contributed by atoms with E-state index in [1.165, 1.54) is 0 Å². The second kappa shape index (κ2) is 5.19. The Hall–Kier alpha value is -1.39. The lowest BCUT2D eigenvalue weighted by Gasteiger charge is -2.04. The number of halogens is 2. The van der Waals surface area contributed by atoms with Crippen LogP contribution >= 0.6 is 31.9 Å². The zero-order valence-electron chi connectivity index (χ0n) is 10.7. The number of benzene rings is 1. The Kier molecular flexibility index (Phi) is 3.52. The molecule has 0 atom stereocenters. The summed E-state index contributed by atoms with van der Waals surface area (Å²) in [4.78, 5) is 11.5. The molecule has 1 aromatic carbocycles. The first kappa shape index (κ1) is 13.6. The standard InChI is InChI=1S/C16H11Br2NO/c1-10-3-2-6-19-15(10)8-13(16(19)9-20)12-7-11(17)4-5-14(12)18/h2-9H,1H3. The van der Waals surface area contributed by atoms with Crippen LogP contribution in [0.3, 0.4) is 0 Å². The maximum absolute atomic E-state index is 11.5. The maximum atomic E-state index is 11.5. The van der Waals surface area contributed by atoms with Gasteiger partial charge in [0, 0.05) is 26.2 Å². The number of carbonyl (C=O) groups is 1. The predicted octanol–water partition coefficient (Wildman–Crippen LogP) is 5.25. The first-order valence-corrected chi connectivity index (χ1v) is 7.71. The van der Waals surface area contributed by atoms with Crippen LogP contribution < -0.4 is 0 Å². The zero-order valence-corrected chi connectivity index (χ0v) is 13.9. The summed E-state index contributed by atoms with van der Waals surface area (Å²) in [5.74, 6) is 0. The normalized spacial score (nSPS) is 10.9. The van der Waals surface area contributed by atoms with Gasteiger partial charge in [0.05, 0.1) is 5.69 Å². The summed E-state index contributed by atoms with van der Waals surface area (Å²) in [6.07, 6.45) is 2.83. The van der Waals surface area contributed by atoms with Crippen molar-refractivity contribution >= 4 is 43.7 Å². The van der Waals surface area contributed by atoms with E-state index in [1.54, 1.807) is 0 Å². The van der Waals surface area contributed by atoms with Crippen molar-refractivity contribution in [2.45, 2.75) is 6.92 Å². The van der Waals surface area contributed by atoms with E-state index in [9.17, 15) is 4.79 Å². The third kappa shape index (κ3) is 2.13. The fourth-order valence-electron chi connectivity index (χ4n) is 2.40. The van der Waals surface area contributed by atoms with Crippen LogP contribution in [-0.4, -0.2) is 10.7 Å². The smallest absolute Gasteiger partial charge is 0.167 e. The van der Waals surface area contributed by atoms with Gasteiger partial charge >= 0.3 is 0 Å². The van der Waals surface area contributed by atoms with Gasteiger partial charge in [0.1, 0.15) is 0 Å². The molecule has 0 radical (unpaired) electrons. The number of nitrogens with zero attached hydrogens (tertiary/aromatic N) is 1. The van der Waals surface area contributed by atoms with Crippen LogP contribution in [0.1, 0.15) is 16.1 Å². The Morgan fingerprint density at radius 2 is 1.90 bits per heavy atom. The number of hydrogen-bond acceptors (Lipinski definition) is 1. The Morgan fingerprint density at radius 3 is 2.65 bits per heavy atom. The maximum Gasteiger partial charge on any atom is 0.167 e. The van der Waals surface area contributed by atoms with Crippen molar-refractivity contribution in [2.24, 2.45) is 0 Å². The van der Waals surface area contributed by atoms with Gasteiger partial charge in [-0.2, -0.15) is 0 Å². The van der Waals surface area contributed by atoms with Gasteiger partial charge in [0.2, 0.25) is 0 Å². The number of pyridine rings is 1. The predicted molar refractivity (Wildman–Crippen MR) is 88.4 cm³/mol. The van der Waals surface area contributed by atoms with Crippen molar-refractivity contribution in [3.8, 4) is 11.1 Å². The van der Waals surface area contributed by atoms with Crippen molar-refractivity contribution in [2.75, 3.05) is 0 Å². The van der Waals surface area contributed by atoms with E-state index in [2.05, 4.69) is 37.9 Å². The SMILES string of the molecule is Cc1cccn2c(C=O)c(-c3cc(Br)ccc3Br)cc12. The summed E-state index contributed by atoms with van der Waals surface area (Å²) >= 11 is 7.04. The highest BCUT2D eigenvalue weighted by Gasteiger charge is 2.14.